The first kappa shape index (κ1) is 22.0. The van der Waals surface area contributed by atoms with Gasteiger partial charge in [0.1, 0.15) is 0 Å². The van der Waals surface area contributed by atoms with E-state index >= 15 is 0 Å². The molecule has 0 aliphatic carbocycles. The van der Waals surface area contributed by atoms with Gasteiger partial charge in [-0.15, -0.1) is 24.0 Å². The van der Waals surface area contributed by atoms with Crippen LogP contribution in [0.25, 0.3) is 0 Å². The molecule has 0 bridgehead atoms. The van der Waals surface area contributed by atoms with E-state index in [9.17, 15) is 13.2 Å². The van der Waals surface area contributed by atoms with Crippen LogP contribution in [-0.2, 0) is 0 Å². The molecule has 20 heavy (non-hydrogen) atoms. The highest BCUT2D eigenvalue weighted by atomic mass is 127. The summed E-state index contributed by atoms with van der Waals surface area (Å²) >= 11 is 0. The maximum atomic E-state index is 12.0. The molecule has 0 heterocycles. The molecule has 122 valence electrons. The average molecular weight is 410 g/mol. The third-order valence-corrected chi connectivity index (χ3v) is 2.75. The molecular weight excluding hydrogens is 384 g/mol. The third kappa shape index (κ3) is 11.6. The number of nitrogens with one attached hydrogen (secondary N) is 2. The summed E-state index contributed by atoms with van der Waals surface area (Å²) in [5, 5.41) is 5.65. The number of rotatable bonds is 7. The molecular formula is C12H26F3IN4. The lowest BCUT2D eigenvalue weighted by molar-refractivity contribution is -0.132. The molecule has 0 rings (SSSR count). The highest BCUT2D eigenvalue weighted by Gasteiger charge is 2.26. The molecule has 0 saturated heterocycles. The van der Waals surface area contributed by atoms with Crippen molar-refractivity contribution in [2.75, 3.05) is 33.2 Å². The second kappa shape index (κ2) is 11.4. The van der Waals surface area contributed by atoms with Crippen LogP contribution in [-0.4, -0.2) is 56.3 Å². The minimum atomic E-state index is -4.14. The Bertz CT molecular complexity index is 270. The van der Waals surface area contributed by atoms with Crippen LogP contribution in [0.1, 0.15) is 27.2 Å². The predicted octanol–water partition coefficient (Wildman–Crippen LogP) is 2.45. The summed E-state index contributed by atoms with van der Waals surface area (Å²) in [5.41, 5.74) is 0. The molecule has 0 spiro atoms. The number of alkyl halides is 3. The lowest BCUT2D eigenvalue weighted by atomic mass is 10.3. The van der Waals surface area contributed by atoms with Gasteiger partial charge in [-0.1, -0.05) is 6.92 Å². The summed E-state index contributed by atoms with van der Waals surface area (Å²) in [6, 6.07) is 0.451. The van der Waals surface area contributed by atoms with Gasteiger partial charge in [-0.05, 0) is 20.4 Å². The van der Waals surface area contributed by atoms with Crippen molar-refractivity contribution in [3.05, 3.63) is 0 Å². The largest absolute Gasteiger partial charge is 0.390 e. The molecule has 0 aromatic heterocycles. The van der Waals surface area contributed by atoms with Gasteiger partial charge in [-0.2, -0.15) is 13.2 Å². The maximum Gasteiger partial charge on any atom is 0.390 e. The smallest absolute Gasteiger partial charge is 0.356 e. The van der Waals surface area contributed by atoms with E-state index in [1.807, 2.05) is 0 Å². The number of hydrogen-bond donors (Lipinski definition) is 2. The molecule has 4 nitrogen and oxygen atoms in total. The molecule has 0 amide bonds. The Morgan fingerprint density at radius 1 is 1.20 bits per heavy atom. The quantitative estimate of drug-likeness (QED) is 0.385. The van der Waals surface area contributed by atoms with E-state index in [1.54, 1.807) is 7.05 Å². The lowest BCUT2D eigenvalue weighted by Gasteiger charge is -2.25. The molecule has 0 radical (unpaired) electrons. The van der Waals surface area contributed by atoms with Gasteiger partial charge in [-0.3, -0.25) is 9.89 Å². The van der Waals surface area contributed by atoms with Crippen LogP contribution in [0.3, 0.4) is 0 Å². The Morgan fingerprint density at radius 3 is 2.15 bits per heavy atom. The fourth-order valence-electron chi connectivity index (χ4n) is 1.64. The summed E-state index contributed by atoms with van der Waals surface area (Å²) in [7, 11) is 1.54. The zero-order chi connectivity index (χ0) is 14.9. The van der Waals surface area contributed by atoms with Gasteiger partial charge in [-0.25, -0.2) is 0 Å². The van der Waals surface area contributed by atoms with Gasteiger partial charge in [0.05, 0.1) is 6.42 Å². The second-order valence-electron chi connectivity index (χ2n) is 4.51. The van der Waals surface area contributed by atoms with E-state index in [4.69, 9.17) is 0 Å². The highest BCUT2D eigenvalue weighted by Crippen LogP contribution is 2.17. The van der Waals surface area contributed by atoms with Crippen LogP contribution < -0.4 is 10.6 Å². The topological polar surface area (TPSA) is 39.7 Å². The lowest BCUT2D eigenvalue weighted by Crippen LogP contribution is -2.43. The Labute approximate surface area is 136 Å². The van der Waals surface area contributed by atoms with Gasteiger partial charge >= 0.3 is 6.18 Å². The van der Waals surface area contributed by atoms with Crippen LogP contribution in [0.4, 0.5) is 13.2 Å². The van der Waals surface area contributed by atoms with Crippen LogP contribution in [0.2, 0.25) is 0 Å². The van der Waals surface area contributed by atoms with E-state index in [1.165, 1.54) is 0 Å². The first-order valence-corrected chi connectivity index (χ1v) is 6.55. The second-order valence-corrected chi connectivity index (χ2v) is 4.51. The van der Waals surface area contributed by atoms with Crippen molar-refractivity contribution in [2.24, 2.45) is 4.99 Å². The van der Waals surface area contributed by atoms with Crippen LogP contribution in [0.5, 0.6) is 0 Å². The minimum Gasteiger partial charge on any atom is -0.356 e. The number of nitrogens with zero attached hydrogens (tertiary/aromatic N) is 2. The highest BCUT2D eigenvalue weighted by molar-refractivity contribution is 14.0. The minimum absolute atomic E-state index is 0. The van der Waals surface area contributed by atoms with Crippen LogP contribution in [0, 0.1) is 0 Å². The summed E-state index contributed by atoms with van der Waals surface area (Å²) in [5.74, 6) is 0.407. The van der Waals surface area contributed by atoms with Gasteiger partial charge in [0, 0.05) is 32.7 Å². The van der Waals surface area contributed by atoms with Gasteiger partial charge in [0.25, 0.3) is 0 Å². The summed E-state index contributed by atoms with van der Waals surface area (Å²) < 4.78 is 36.0. The maximum absolute atomic E-state index is 12.0. The van der Waals surface area contributed by atoms with Gasteiger partial charge < -0.3 is 10.6 Å². The molecule has 0 saturated carbocycles. The summed E-state index contributed by atoms with van der Waals surface area (Å²) in [6.07, 6.45) is -5.00. The Kier molecular flexibility index (Phi) is 12.6. The van der Waals surface area contributed by atoms with Crippen molar-refractivity contribution in [3.8, 4) is 0 Å². The SMILES string of the molecule is CCN(CCNC(=NC)NCCC(F)(F)F)C(C)C.I. The van der Waals surface area contributed by atoms with E-state index < -0.39 is 12.6 Å². The number of guanidine groups is 1. The van der Waals surface area contributed by atoms with E-state index in [0.29, 0.717) is 18.5 Å². The third-order valence-electron chi connectivity index (χ3n) is 2.75. The molecule has 0 aromatic carbocycles. The van der Waals surface area contributed by atoms with Crippen molar-refractivity contribution < 1.29 is 13.2 Å². The van der Waals surface area contributed by atoms with Crippen molar-refractivity contribution in [2.45, 2.75) is 39.4 Å². The predicted molar refractivity (Wildman–Crippen MR) is 87.8 cm³/mol. The molecule has 0 aromatic rings. The van der Waals surface area contributed by atoms with Crippen molar-refractivity contribution in [1.82, 2.24) is 15.5 Å². The Hall–Kier alpha value is -0.250. The van der Waals surface area contributed by atoms with Crippen LogP contribution in [0.15, 0.2) is 4.99 Å². The molecule has 0 atom stereocenters. The molecule has 0 aliphatic rings. The zero-order valence-corrected chi connectivity index (χ0v) is 14.9. The summed E-state index contributed by atoms with van der Waals surface area (Å²) in [6.45, 7) is 8.56. The zero-order valence-electron chi connectivity index (χ0n) is 12.5. The number of halogens is 4. The average Bonchev–Trinajstić information content (AvgIpc) is 2.30. The molecule has 0 unspecified atom stereocenters. The number of likely N-dealkylation sites (N-methyl/N-ethyl adjacent to an activating group) is 1. The molecule has 2 N–H and O–H groups in total. The first-order chi connectivity index (χ1) is 8.80. The monoisotopic (exact) mass is 410 g/mol. The van der Waals surface area contributed by atoms with Crippen molar-refractivity contribution in [1.29, 1.82) is 0 Å². The van der Waals surface area contributed by atoms with E-state index in [-0.39, 0.29) is 30.5 Å². The van der Waals surface area contributed by atoms with Crippen molar-refractivity contribution in [3.63, 3.8) is 0 Å². The number of hydrogen-bond acceptors (Lipinski definition) is 2. The van der Waals surface area contributed by atoms with E-state index in [0.717, 1.165) is 13.1 Å². The standard InChI is InChI=1S/C12H25F3N4.HI/c1-5-19(10(2)3)9-8-18-11(16-4)17-7-6-12(13,14)15;/h10H,5-9H2,1-4H3,(H2,16,17,18);1H. The fourth-order valence-corrected chi connectivity index (χ4v) is 1.64. The van der Waals surface area contributed by atoms with Crippen LogP contribution >= 0.6 is 24.0 Å². The summed E-state index contributed by atoms with van der Waals surface area (Å²) in [4.78, 5) is 6.14. The number of aliphatic imine (C=N–C) groups is 1. The first-order valence-electron chi connectivity index (χ1n) is 6.55. The molecule has 0 fully saturated rings. The molecule has 8 heteroatoms. The Morgan fingerprint density at radius 2 is 1.75 bits per heavy atom. The normalized spacial score (nSPS) is 12.6. The Balaban J connectivity index is 0. The van der Waals surface area contributed by atoms with E-state index in [2.05, 4.69) is 41.3 Å². The van der Waals surface area contributed by atoms with Gasteiger partial charge in [0.15, 0.2) is 5.96 Å². The van der Waals surface area contributed by atoms with Gasteiger partial charge in [0.2, 0.25) is 0 Å². The fraction of sp³-hybridized carbons (Fsp3) is 0.917. The molecule has 0 aliphatic heterocycles. The van der Waals surface area contributed by atoms with Crippen molar-refractivity contribution >= 4 is 29.9 Å².